The normalized spacial score (nSPS) is 11.3. The van der Waals surface area contributed by atoms with Crippen LogP contribution in [0.4, 0.5) is 18.9 Å². The molecule has 0 aliphatic heterocycles. The third-order valence-electron chi connectivity index (χ3n) is 8.13. The number of carbonyl (C=O) groups excluding carboxylic acids is 5. The summed E-state index contributed by atoms with van der Waals surface area (Å²) in [5, 5.41) is 3.58. The van der Waals surface area contributed by atoms with E-state index >= 15 is 0 Å². The van der Waals surface area contributed by atoms with E-state index in [9.17, 15) is 37.1 Å². The van der Waals surface area contributed by atoms with Gasteiger partial charge in [-0.05, 0) is 66.4 Å². The Kier molecular flexibility index (Phi) is 13.1. The molecule has 0 fully saturated rings. The molecule has 0 aliphatic carbocycles. The first kappa shape index (κ1) is 39.8. The Labute approximate surface area is 303 Å². The molecular weight excluding hydrogens is 697 g/mol. The summed E-state index contributed by atoms with van der Waals surface area (Å²) in [5.74, 6) is -4.15. The molecule has 4 aromatic rings. The lowest BCUT2D eigenvalue weighted by molar-refractivity contribution is -0.170. The number of rotatable bonds is 14. The third-order valence-corrected chi connectivity index (χ3v) is 8.13. The average Bonchev–Trinajstić information content (AvgIpc) is 3.15. The van der Waals surface area contributed by atoms with E-state index in [-0.39, 0.29) is 41.2 Å². The van der Waals surface area contributed by atoms with Crippen molar-refractivity contribution in [2.24, 2.45) is 0 Å². The van der Waals surface area contributed by atoms with Crippen molar-refractivity contribution in [2.45, 2.75) is 31.9 Å². The highest BCUT2D eigenvalue weighted by Gasteiger charge is 2.52. The number of hydroxylamine groups is 2. The molecule has 1 N–H and O–H groups in total. The van der Waals surface area contributed by atoms with Crippen molar-refractivity contribution < 1.29 is 56.2 Å². The largest absolute Gasteiger partial charge is 0.465 e. The predicted molar refractivity (Wildman–Crippen MR) is 186 cm³/mol. The van der Waals surface area contributed by atoms with Gasteiger partial charge in [0.05, 0.1) is 43.6 Å². The monoisotopic (exact) mass is 734 g/mol. The summed E-state index contributed by atoms with van der Waals surface area (Å²) in [6.07, 6.45) is -4.95. The van der Waals surface area contributed by atoms with Crippen LogP contribution in [-0.2, 0) is 51.4 Å². The number of alkyl halides is 3. The second kappa shape index (κ2) is 17.5. The van der Waals surface area contributed by atoms with Gasteiger partial charge in [0.2, 0.25) is 5.41 Å². The zero-order valence-electron chi connectivity index (χ0n) is 29.3. The summed E-state index contributed by atoms with van der Waals surface area (Å²) in [5.41, 5.74) is -1.71. The Morgan fingerprint density at radius 1 is 0.717 bits per heavy atom. The van der Waals surface area contributed by atoms with Gasteiger partial charge < -0.3 is 19.5 Å². The van der Waals surface area contributed by atoms with Crippen molar-refractivity contribution in [1.82, 2.24) is 5.06 Å². The summed E-state index contributed by atoms with van der Waals surface area (Å²) < 4.78 is 55.4. The minimum Gasteiger partial charge on any atom is -0.465 e. The Morgan fingerprint density at radius 3 is 1.91 bits per heavy atom. The number of hydrogen-bond donors (Lipinski definition) is 1. The van der Waals surface area contributed by atoms with Crippen molar-refractivity contribution in [3.05, 3.63) is 125 Å². The fraction of sp³-hybridized carbons (Fsp3) is 0.256. The van der Waals surface area contributed by atoms with Gasteiger partial charge in [0, 0.05) is 12.6 Å². The van der Waals surface area contributed by atoms with Crippen LogP contribution in [0.25, 0.3) is 11.1 Å². The number of amides is 2. The van der Waals surface area contributed by atoms with E-state index in [1.165, 1.54) is 62.7 Å². The topological polar surface area (TPSA) is 138 Å². The lowest BCUT2D eigenvalue weighted by Crippen LogP contribution is -2.50. The quantitative estimate of drug-likeness (QED) is 0.0675. The van der Waals surface area contributed by atoms with Crippen LogP contribution in [0, 0.1) is 0 Å². The lowest BCUT2D eigenvalue weighted by Gasteiger charge is -2.29. The number of hydrogen-bond acceptors (Lipinski definition) is 9. The van der Waals surface area contributed by atoms with Crippen molar-refractivity contribution in [2.75, 3.05) is 39.3 Å². The fourth-order valence-electron chi connectivity index (χ4n) is 5.36. The SMILES string of the molecule is CCOC(=O)C(COC(=O)Cc1ccc(NC(=O)c2ccccc2-c2ccc(C(F)(F)F)cc2)c(C(=O)N(C)OC)c1)(C(=O)OCC)c1ccccc1. The summed E-state index contributed by atoms with van der Waals surface area (Å²) >= 11 is 0. The summed E-state index contributed by atoms with van der Waals surface area (Å²) in [7, 11) is 2.59. The van der Waals surface area contributed by atoms with Gasteiger partial charge in [-0.3, -0.25) is 28.8 Å². The molecule has 0 bridgehead atoms. The molecule has 0 spiro atoms. The number of nitrogens with one attached hydrogen (secondary N) is 1. The van der Waals surface area contributed by atoms with Gasteiger partial charge in [-0.25, -0.2) is 5.06 Å². The summed E-state index contributed by atoms with van der Waals surface area (Å²) in [6, 6.07) is 22.7. The Bertz CT molecular complexity index is 1930. The number of carbonyl (C=O) groups is 5. The minimum atomic E-state index is -4.53. The molecule has 0 saturated carbocycles. The first-order chi connectivity index (χ1) is 25.3. The van der Waals surface area contributed by atoms with E-state index < -0.39 is 59.9 Å². The summed E-state index contributed by atoms with van der Waals surface area (Å²) in [6.45, 7) is 2.27. The molecule has 278 valence electrons. The second-order valence-electron chi connectivity index (χ2n) is 11.5. The van der Waals surface area contributed by atoms with Gasteiger partial charge in [-0.2, -0.15) is 13.2 Å². The molecule has 0 aromatic heterocycles. The van der Waals surface area contributed by atoms with E-state index in [0.717, 1.165) is 17.2 Å². The van der Waals surface area contributed by atoms with Crippen LogP contribution in [-0.4, -0.2) is 68.8 Å². The Morgan fingerprint density at radius 2 is 1.32 bits per heavy atom. The minimum absolute atomic E-state index is 0.0379. The van der Waals surface area contributed by atoms with Gasteiger partial charge in [-0.1, -0.05) is 66.7 Å². The number of halogens is 3. The maximum atomic E-state index is 13.6. The molecular formula is C39H37F3N2O9. The van der Waals surface area contributed by atoms with Crippen LogP contribution < -0.4 is 5.32 Å². The van der Waals surface area contributed by atoms with E-state index in [0.29, 0.717) is 11.1 Å². The molecule has 0 aliphatic rings. The molecule has 0 radical (unpaired) electrons. The molecule has 0 saturated heterocycles. The van der Waals surface area contributed by atoms with Crippen LogP contribution in [0.2, 0.25) is 0 Å². The maximum absolute atomic E-state index is 13.6. The number of ether oxygens (including phenoxy) is 3. The number of nitrogens with zero attached hydrogens (tertiary/aromatic N) is 1. The molecule has 4 aromatic carbocycles. The second-order valence-corrected chi connectivity index (χ2v) is 11.5. The molecule has 0 atom stereocenters. The highest BCUT2D eigenvalue weighted by Crippen LogP contribution is 2.33. The van der Waals surface area contributed by atoms with Crippen LogP contribution in [0.1, 0.15) is 51.3 Å². The van der Waals surface area contributed by atoms with Gasteiger partial charge in [0.15, 0.2) is 0 Å². The average molecular weight is 735 g/mol. The predicted octanol–water partition coefficient (Wildman–Crippen LogP) is 6.41. The smallest absolute Gasteiger partial charge is 0.416 e. The van der Waals surface area contributed by atoms with Gasteiger partial charge in [-0.15, -0.1) is 0 Å². The van der Waals surface area contributed by atoms with E-state index in [1.54, 1.807) is 50.2 Å². The molecule has 14 heteroatoms. The van der Waals surface area contributed by atoms with Gasteiger partial charge >= 0.3 is 24.1 Å². The number of esters is 3. The zero-order chi connectivity index (χ0) is 38.8. The lowest BCUT2D eigenvalue weighted by atomic mass is 9.81. The molecule has 0 heterocycles. The zero-order valence-corrected chi connectivity index (χ0v) is 29.3. The number of benzene rings is 4. The van der Waals surface area contributed by atoms with Crippen LogP contribution in [0.15, 0.2) is 97.1 Å². The molecule has 11 nitrogen and oxygen atoms in total. The van der Waals surface area contributed by atoms with Crippen molar-refractivity contribution in [1.29, 1.82) is 0 Å². The highest BCUT2D eigenvalue weighted by molar-refractivity contribution is 6.12. The van der Waals surface area contributed by atoms with Crippen LogP contribution in [0.3, 0.4) is 0 Å². The van der Waals surface area contributed by atoms with Crippen molar-refractivity contribution in [3.63, 3.8) is 0 Å². The van der Waals surface area contributed by atoms with Crippen molar-refractivity contribution in [3.8, 4) is 11.1 Å². The van der Waals surface area contributed by atoms with Crippen LogP contribution >= 0.6 is 0 Å². The number of anilines is 1. The maximum Gasteiger partial charge on any atom is 0.416 e. The van der Waals surface area contributed by atoms with E-state index in [1.807, 2.05) is 0 Å². The third kappa shape index (κ3) is 9.26. The van der Waals surface area contributed by atoms with Gasteiger partial charge in [0.25, 0.3) is 11.8 Å². The molecule has 2 amide bonds. The van der Waals surface area contributed by atoms with E-state index in [4.69, 9.17) is 19.0 Å². The fourth-order valence-corrected chi connectivity index (χ4v) is 5.36. The van der Waals surface area contributed by atoms with E-state index in [2.05, 4.69) is 5.32 Å². The summed E-state index contributed by atoms with van der Waals surface area (Å²) in [4.78, 5) is 71.9. The molecule has 4 rings (SSSR count). The molecule has 53 heavy (non-hydrogen) atoms. The first-order valence-corrected chi connectivity index (χ1v) is 16.3. The first-order valence-electron chi connectivity index (χ1n) is 16.3. The van der Waals surface area contributed by atoms with Gasteiger partial charge in [0.1, 0.15) is 6.61 Å². The van der Waals surface area contributed by atoms with Crippen LogP contribution in [0.5, 0.6) is 0 Å². The standard InChI is InChI=1S/C39H37F3N2O9/c1-5-51-36(48)38(37(49)52-6-2,27-12-8-7-9-13-27)24-53-33(45)23-25-16-21-32(31(22-25)35(47)44(3)50-4)43-34(46)30-15-11-10-14-29(30)26-17-19-28(20-18-26)39(40,41)42/h7-22H,5-6,23-24H2,1-4H3,(H,43,46). The highest BCUT2D eigenvalue weighted by atomic mass is 19.4. The molecule has 0 unspecified atom stereocenters. The van der Waals surface area contributed by atoms with Crippen molar-refractivity contribution >= 4 is 35.4 Å². The Balaban J connectivity index is 1.62. The Hall–Kier alpha value is -6.02.